The molecule has 0 N–H and O–H groups in total. The summed E-state index contributed by atoms with van der Waals surface area (Å²) >= 11 is 18.3. The van der Waals surface area contributed by atoms with E-state index in [1.807, 2.05) is 35.3 Å². The van der Waals surface area contributed by atoms with Crippen LogP contribution in [-0.2, 0) is 0 Å². The first-order chi connectivity index (χ1) is 13.0. The van der Waals surface area contributed by atoms with E-state index in [9.17, 15) is 4.39 Å². The van der Waals surface area contributed by atoms with E-state index in [4.69, 9.17) is 39.9 Å². The maximum Gasteiger partial charge on any atom is 0.123 e. The van der Waals surface area contributed by atoms with Crippen molar-refractivity contribution in [3.63, 3.8) is 0 Å². The Kier molecular flexibility index (Phi) is 5.09. The zero-order chi connectivity index (χ0) is 19.0. The average molecular weight is 420 g/mol. The van der Waals surface area contributed by atoms with E-state index in [0.717, 1.165) is 22.5 Å². The third-order valence-electron chi connectivity index (χ3n) is 4.51. The molecule has 0 saturated carbocycles. The molecule has 136 valence electrons. The van der Waals surface area contributed by atoms with E-state index >= 15 is 0 Å². The number of benzene rings is 3. The highest BCUT2D eigenvalue weighted by Crippen LogP contribution is 2.39. The number of hydrazone groups is 1. The minimum absolute atomic E-state index is 0.0282. The van der Waals surface area contributed by atoms with Crippen LogP contribution in [0.4, 0.5) is 10.1 Å². The van der Waals surface area contributed by atoms with Crippen molar-refractivity contribution < 1.29 is 4.39 Å². The Morgan fingerprint density at radius 3 is 2.22 bits per heavy atom. The van der Waals surface area contributed by atoms with Gasteiger partial charge >= 0.3 is 0 Å². The Balaban J connectivity index is 1.76. The van der Waals surface area contributed by atoms with Crippen LogP contribution in [-0.4, -0.2) is 5.71 Å². The van der Waals surface area contributed by atoms with E-state index < -0.39 is 0 Å². The van der Waals surface area contributed by atoms with Gasteiger partial charge in [0, 0.05) is 11.4 Å². The molecule has 2 nitrogen and oxygen atoms in total. The Morgan fingerprint density at radius 1 is 0.852 bits per heavy atom. The Labute approximate surface area is 171 Å². The van der Waals surface area contributed by atoms with Gasteiger partial charge in [0.2, 0.25) is 0 Å². The first kappa shape index (κ1) is 18.3. The molecule has 6 heteroatoms. The van der Waals surface area contributed by atoms with E-state index in [-0.39, 0.29) is 11.9 Å². The predicted octanol–water partition coefficient (Wildman–Crippen LogP) is 7.14. The summed E-state index contributed by atoms with van der Waals surface area (Å²) < 4.78 is 13.3. The Hall–Kier alpha value is -2.07. The van der Waals surface area contributed by atoms with Gasteiger partial charge in [0.1, 0.15) is 5.82 Å². The molecule has 0 aromatic heterocycles. The van der Waals surface area contributed by atoms with Crippen LogP contribution >= 0.6 is 34.8 Å². The molecule has 0 spiro atoms. The van der Waals surface area contributed by atoms with Gasteiger partial charge in [-0.2, -0.15) is 5.10 Å². The molecule has 4 rings (SSSR count). The number of anilines is 1. The maximum absolute atomic E-state index is 13.3. The second kappa shape index (κ2) is 7.51. The molecule has 3 aromatic carbocycles. The first-order valence-electron chi connectivity index (χ1n) is 8.34. The quantitative estimate of drug-likeness (QED) is 0.440. The van der Waals surface area contributed by atoms with Crippen LogP contribution in [0.1, 0.15) is 23.6 Å². The van der Waals surface area contributed by atoms with Crippen LogP contribution in [0.5, 0.6) is 0 Å². The molecule has 1 heterocycles. The predicted molar refractivity (Wildman–Crippen MR) is 111 cm³/mol. The van der Waals surface area contributed by atoms with Crippen molar-refractivity contribution in [2.45, 2.75) is 12.5 Å². The molecule has 0 aliphatic carbocycles. The van der Waals surface area contributed by atoms with Crippen molar-refractivity contribution in [2.24, 2.45) is 5.10 Å². The van der Waals surface area contributed by atoms with Gasteiger partial charge in [-0.05, 0) is 53.6 Å². The van der Waals surface area contributed by atoms with Crippen LogP contribution in [0.25, 0.3) is 0 Å². The lowest BCUT2D eigenvalue weighted by atomic mass is 9.98. The van der Waals surface area contributed by atoms with Crippen LogP contribution in [0, 0.1) is 5.82 Å². The first-order valence-corrected chi connectivity index (χ1v) is 9.48. The number of hydrogen-bond acceptors (Lipinski definition) is 2. The molecule has 1 aliphatic heterocycles. The largest absolute Gasteiger partial charge is 0.257 e. The molecule has 3 aromatic rings. The number of rotatable bonds is 3. The molecule has 0 amide bonds. The monoisotopic (exact) mass is 418 g/mol. The minimum atomic E-state index is -0.270. The van der Waals surface area contributed by atoms with Gasteiger partial charge in [-0.25, -0.2) is 4.39 Å². The maximum atomic E-state index is 13.3. The fourth-order valence-corrected chi connectivity index (χ4v) is 3.56. The fourth-order valence-electron chi connectivity index (χ4n) is 3.14. The lowest BCUT2D eigenvalue weighted by Gasteiger charge is -2.24. The molecule has 0 bridgehead atoms. The highest BCUT2D eigenvalue weighted by molar-refractivity contribution is 6.42. The van der Waals surface area contributed by atoms with E-state index in [0.29, 0.717) is 21.5 Å². The zero-order valence-corrected chi connectivity index (χ0v) is 16.3. The van der Waals surface area contributed by atoms with Gasteiger partial charge in [0.05, 0.1) is 27.5 Å². The third kappa shape index (κ3) is 3.81. The van der Waals surface area contributed by atoms with E-state index in [1.165, 1.54) is 12.1 Å². The van der Waals surface area contributed by atoms with Crippen LogP contribution in [0.15, 0.2) is 71.8 Å². The van der Waals surface area contributed by atoms with Crippen LogP contribution in [0.2, 0.25) is 15.1 Å². The minimum Gasteiger partial charge on any atom is -0.257 e. The Bertz CT molecular complexity index is 1000. The van der Waals surface area contributed by atoms with Gasteiger partial charge in [0.15, 0.2) is 0 Å². The SMILES string of the molecule is Fc1ccc(C2=NN(c3ccc(Cl)c(Cl)c3)C(c3ccc(Cl)cc3)C2)cc1. The van der Waals surface area contributed by atoms with E-state index in [1.54, 1.807) is 24.3 Å². The molecule has 27 heavy (non-hydrogen) atoms. The molecule has 1 atom stereocenters. The van der Waals surface area contributed by atoms with Crippen LogP contribution in [0.3, 0.4) is 0 Å². The summed E-state index contributed by atoms with van der Waals surface area (Å²) in [5, 5.41) is 8.36. The second-order valence-corrected chi connectivity index (χ2v) is 7.52. The Morgan fingerprint density at radius 2 is 1.56 bits per heavy atom. The summed E-state index contributed by atoms with van der Waals surface area (Å²) in [7, 11) is 0. The molecule has 0 radical (unpaired) electrons. The summed E-state index contributed by atoms with van der Waals surface area (Å²) in [6, 6.07) is 19.5. The molecule has 0 saturated heterocycles. The zero-order valence-electron chi connectivity index (χ0n) is 14.0. The average Bonchev–Trinajstić information content (AvgIpc) is 3.10. The fraction of sp³-hybridized carbons (Fsp3) is 0.0952. The number of hydrogen-bond donors (Lipinski definition) is 0. The molecule has 0 fully saturated rings. The van der Waals surface area contributed by atoms with Gasteiger partial charge in [-0.1, -0.05) is 59.1 Å². The van der Waals surface area contributed by atoms with E-state index in [2.05, 4.69) is 0 Å². The standard InChI is InChI=1S/C21H14Cl3FN2/c22-15-5-1-14(2-6-15)21-12-20(13-3-7-16(25)8-4-13)26-27(21)17-9-10-18(23)19(24)11-17/h1-11,21H,12H2. The summed E-state index contributed by atoms with van der Waals surface area (Å²) in [6.45, 7) is 0. The molecular weight excluding hydrogens is 406 g/mol. The lowest BCUT2D eigenvalue weighted by Crippen LogP contribution is -2.18. The summed E-state index contributed by atoms with van der Waals surface area (Å²) in [5.74, 6) is -0.270. The van der Waals surface area contributed by atoms with Crippen molar-refractivity contribution in [2.75, 3.05) is 5.01 Å². The number of nitrogens with zero attached hydrogens (tertiary/aromatic N) is 2. The van der Waals surface area contributed by atoms with Gasteiger partial charge in [0.25, 0.3) is 0 Å². The highest BCUT2D eigenvalue weighted by Gasteiger charge is 2.30. The smallest absolute Gasteiger partial charge is 0.123 e. The molecule has 1 unspecified atom stereocenters. The topological polar surface area (TPSA) is 15.6 Å². The normalized spacial score (nSPS) is 16.5. The lowest BCUT2D eigenvalue weighted by molar-refractivity contribution is 0.627. The number of halogens is 4. The van der Waals surface area contributed by atoms with Gasteiger partial charge in [-0.3, -0.25) is 5.01 Å². The molecular formula is C21H14Cl3FN2. The van der Waals surface area contributed by atoms with Crippen molar-refractivity contribution in [3.8, 4) is 0 Å². The van der Waals surface area contributed by atoms with Crippen molar-refractivity contribution in [1.82, 2.24) is 0 Å². The third-order valence-corrected chi connectivity index (χ3v) is 5.50. The second-order valence-electron chi connectivity index (χ2n) is 6.27. The van der Waals surface area contributed by atoms with Crippen molar-refractivity contribution >= 4 is 46.2 Å². The summed E-state index contributed by atoms with van der Waals surface area (Å²) in [4.78, 5) is 0. The summed E-state index contributed by atoms with van der Waals surface area (Å²) in [5.41, 5.74) is 3.67. The highest BCUT2D eigenvalue weighted by atomic mass is 35.5. The summed E-state index contributed by atoms with van der Waals surface area (Å²) in [6.07, 6.45) is 0.674. The van der Waals surface area contributed by atoms with Crippen molar-refractivity contribution in [3.05, 3.63) is 98.7 Å². The molecule has 1 aliphatic rings. The van der Waals surface area contributed by atoms with Crippen molar-refractivity contribution in [1.29, 1.82) is 0 Å². The van der Waals surface area contributed by atoms with Crippen LogP contribution < -0.4 is 5.01 Å². The van der Waals surface area contributed by atoms with Gasteiger partial charge < -0.3 is 0 Å². The van der Waals surface area contributed by atoms with Gasteiger partial charge in [-0.15, -0.1) is 0 Å².